The van der Waals surface area contributed by atoms with Gasteiger partial charge in [0.25, 0.3) is 0 Å². The first kappa shape index (κ1) is 25.8. The van der Waals surface area contributed by atoms with Crippen molar-refractivity contribution in [2.24, 2.45) is 5.92 Å². The molecule has 2 heterocycles. The van der Waals surface area contributed by atoms with E-state index in [1.165, 1.54) is 19.1 Å². The van der Waals surface area contributed by atoms with Crippen molar-refractivity contribution in [1.29, 1.82) is 0 Å². The standard InChI is InChI=1S/C28H35FN4O3/c1-20(34)23-5-2-6-25(17-23)31-27(36)32-28(11-13-30-14-12-28)18-26(35)33-15-3-4-22(19-33)16-21-7-9-24(29)10-8-21/h2,5-10,17,22,30H,3-4,11-16,18-19H2,1H3,(H2,31,32,36). The van der Waals surface area contributed by atoms with Crippen LogP contribution in [-0.4, -0.2) is 54.3 Å². The summed E-state index contributed by atoms with van der Waals surface area (Å²) in [5, 5.41) is 9.24. The molecule has 0 bridgehead atoms. The summed E-state index contributed by atoms with van der Waals surface area (Å²) in [6.07, 6.45) is 4.36. The maximum Gasteiger partial charge on any atom is 0.319 e. The van der Waals surface area contributed by atoms with Crippen molar-refractivity contribution in [3.05, 3.63) is 65.5 Å². The molecule has 0 aromatic heterocycles. The molecule has 0 aliphatic carbocycles. The van der Waals surface area contributed by atoms with Crippen LogP contribution in [0.3, 0.4) is 0 Å². The summed E-state index contributed by atoms with van der Waals surface area (Å²) in [5.74, 6) is 0.0785. The number of nitrogens with one attached hydrogen (secondary N) is 3. The smallest absolute Gasteiger partial charge is 0.319 e. The first-order chi connectivity index (χ1) is 17.3. The normalized spacial score (nSPS) is 19.4. The van der Waals surface area contributed by atoms with Crippen LogP contribution in [0.5, 0.6) is 0 Å². The SMILES string of the molecule is CC(=O)c1cccc(NC(=O)NC2(CC(=O)N3CCCC(Cc4ccc(F)cc4)C3)CCNCC2)c1. The highest BCUT2D eigenvalue weighted by Gasteiger charge is 2.38. The highest BCUT2D eigenvalue weighted by atomic mass is 19.1. The molecule has 36 heavy (non-hydrogen) atoms. The van der Waals surface area contributed by atoms with E-state index in [0.29, 0.717) is 36.6 Å². The number of hydrogen-bond acceptors (Lipinski definition) is 4. The number of Topliss-reactive ketones (excluding diaryl/α,β-unsaturated/α-hetero) is 1. The van der Waals surface area contributed by atoms with E-state index in [-0.39, 0.29) is 30.0 Å². The van der Waals surface area contributed by atoms with Gasteiger partial charge in [0.1, 0.15) is 5.82 Å². The van der Waals surface area contributed by atoms with Gasteiger partial charge >= 0.3 is 6.03 Å². The molecule has 2 saturated heterocycles. The van der Waals surface area contributed by atoms with Gasteiger partial charge in [0.05, 0.1) is 12.0 Å². The number of nitrogens with zero attached hydrogens (tertiary/aromatic N) is 1. The second kappa shape index (κ2) is 11.6. The molecule has 1 atom stereocenters. The molecular weight excluding hydrogens is 459 g/mol. The predicted octanol–water partition coefficient (Wildman–Crippen LogP) is 4.14. The van der Waals surface area contributed by atoms with E-state index >= 15 is 0 Å². The second-order valence-corrected chi connectivity index (χ2v) is 10.1. The molecular formula is C28H35FN4O3. The molecule has 2 aromatic rings. The molecule has 3 N–H and O–H groups in total. The molecule has 8 heteroatoms. The van der Waals surface area contributed by atoms with Crippen LogP contribution < -0.4 is 16.0 Å². The number of amides is 3. The number of carbonyl (C=O) groups excluding carboxylic acids is 3. The fourth-order valence-corrected chi connectivity index (χ4v) is 5.28. The van der Waals surface area contributed by atoms with Crippen LogP contribution in [0.25, 0.3) is 0 Å². The van der Waals surface area contributed by atoms with Gasteiger partial charge in [-0.1, -0.05) is 24.3 Å². The Kier molecular flexibility index (Phi) is 8.36. The molecule has 192 valence electrons. The molecule has 0 saturated carbocycles. The van der Waals surface area contributed by atoms with Crippen molar-refractivity contribution in [1.82, 2.24) is 15.5 Å². The molecule has 0 spiro atoms. The topological polar surface area (TPSA) is 90.5 Å². The number of urea groups is 1. The largest absolute Gasteiger partial charge is 0.342 e. The zero-order valence-electron chi connectivity index (χ0n) is 20.8. The van der Waals surface area contributed by atoms with Crippen molar-refractivity contribution in [3.8, 4) is 0 Å². The Morgan fingerprint density at radius 2 is 1.86 bits per heavy atom. The van der Waals surface area contributed by atoms with Crippen LogP contribution >= 0.6 is 0 Å². The maximum atomic E-state index is 13.4. The van der Waals surface area contributed by atoms with Gasteiger partial charge < -0.3 is 20.9 Å². The monoisotopic (exact) mass is 494 g/mol. The lowest BCUT2D eigenvalue weighted by atomic mass is 9.84. The van der Waals surface area contributed by atoms with E-state index in [1.54, 1.807) is 24.3 Å². The molecule has 2 aromatic carbocycles. The number of likely N-dealkylation sites (tertiary alicyclic amines) is 1. The Bertz CT molecular complexity index is 1080. The molecule has 2 fully saturated rings. The molecule has 2 aliphatic rings. The third-order valence-electron chi connectivity index (χ3n) is 7.27. The van der Waals surface area contributed by atoms with Gasteiger partial charge in [-0.15, -0.1) is 0 Å². The van der Waals surface area contributed by atoms with E-state index < -0.39 is 5.54 Å². The zero-order valence-corrected chi connectivity index (χ0v) is 20.8. The second-order valence-electron chi connectivity index (χ2n) is 10.1. The number of benzene rings is 2. The lowest BCUT2D eigenvalue weighted by molar-refractivity contribution is -0.134. The number of halogens is 1. The van der Waals surface area contributed by atoms with E-state index in [2.05, 4.69) is 16.0 Å². The average Bonchev–Trinajstić information content (AvgIpc) is 2.86. The van der Waals surface area contributed by atoms with Crippen molar-refractivity contribution in [2.75, 3.05) is 31.5 Å². The number of carbonyl (C=O) groups is 3. The van der Waals surface area contributed by atoms with Crippen molar-refractivity contribution in [2.45, 2.75) is 51.0 Å². The Morgan fingerprint density at radius 1 is 1.11 bits per heavy atom. The van der Waals surface area contributed by atoms with Gasteiger partial charge in [-0.2, -0.15) is 0 Å². The Balaban J connectivity index is 1.38. The summed E-state index contributed by atoms with van der Waals surface area (Å²) in [4.78, 5) is 39.9. The van der Waals surface area contributed by atoms with E-state index in [0.717, 1.165) is 44.5 Å². The van der Waals surface area contributed by atoms with E-state index in [9.17, 15) is 18.8 Å². The summed E-state index contributed by atoms with van der Waals surface area (Å²) >= 11 is 0. The molecule has 1 unspecified atom stereocenters. The first-order valence-electron chi connectivity index (χ1n) is 12.7. The van der Waals surface area contributed by atoms with Crippen LogP contribution in [0.2, 0.25) is 0 Å². The highest BCUT2D eigenvalue weighted by Crippen LogP contribution is 2.27. The van der Waals surface area contributed by atoms with Crippen LogP contribution in [-0.2, 0) is 11.2 Å². The quantitative estimate of drug-likeness (QED) is 0.505. The van der Waals surface area contributed by atoms with E-state index in [4.69, 9.17) is 0 Å². The fraction of sp³-hybridized carbons (Fsp3) is 0.464. The fourth-order valence-electron chi connectivity index (χ4n) is 5.28. The van der Waals surface area contributed by atoms with Crippen LogP contribution in [0.15, 0.2) is 48.5 Å². The number of ketones is 1. The summed E-state index contributed by atoms with van der Waals surface area (Å²) in [6.45, 7) is 4.33. The molecule has 3 amide bonds. The highest BCUT2D eigenvalue weighted by molar-refractivity contribution is 5.97. The lowest BCUT2D eigenvalue weighted by Gasteiger charge is -2.40. The predicted molar refractivity (Wildman–Crippen MR) is 137 cm³/mol. The maximum absolute atomic E-state index is 13.4. The van der Waals surface area contributed by atoms with Crippen LogP contribution in [0.4, 0.5) is 14.9 Å². The van der Waals surface area contributed by atoms with Gasteiger partial charge in [-0.05, 0) is 87.9 Å². The zero-order chi connectivity index (χ0) is 25.5. The molecule has 0 radical (unpaired) electrons. The lowest BCUT2D eigenvalue weighted by Crippen LogP contribution is -2.58. The van der Waals surface area contributed by atoms with Gasteiger partial charge in [-0.25, -0.2) is 9.18 Å². The summed E-state index contributed by atoms with van der Waals surface area (Å²) in [6, 6.07) is 13.0. The Hall–Kier alpha value is -3.26. The molecule has 2 aliphatic heterocycles. The van der Waals surface area contributed by atoms with Crippen LogP contribution in [0.1, 0.15) is 54.9 Å². The van der Waals surface area contributed by atoms with Gasteiger partial charge in [-0.3, -0.25) is 9.59 Å². The van der Waals surface area contributed by atoms with Gasteiger partial charge in [0.15, 0.2) is 5.78 Å². The average molecular weight is 495 g/mol. The Labute approximate surface area is 211 Å². The van der Waals surface area contributed by atoms with Crippen LogP contribution in [0, 0.1) is 11.7 Å². The Morgan fingerprint density at radius 3 is 2.58 bits per heavy atom. The van der Waals surface area contributed by atoms with Crippen molar-refractivity contribution >= 4 is 23.4 Å². The van der Waals surface area contributed by atoms with Gasteiger partial charge in [0, 0.05) is 24.3 Å². The number of hydrogen-bond donors (Lipinski definition) is 3. The summed E-state index contributed by atoms with van der Waals surface area (Å²) in [7, 11) is 0. The van der Waals surface area contributed by atoms with Gasteiger partial charge in [0.2, 0.25) is 5.91 Å². The molecule has 7 nitrogen and oxygen atoms in total. The van der Waals surface area contributed by atoms with Crippen molar-refractivity contribution in [3.63, 3.8) is 0 Å². The minimum Gasteiger partial charge on any atom is -0.342 e. The first-order valence-corrected chi connectivity index (χ1v) is 12.7. The summed E-state index contributed by atoms with van der Waals surface area (Å²) in [5.41, 5.74) is 1.52. The minimum absolute atomic E-state index is 0.0552. The number of anilines is 1. The third-order valence-corrected chi connectivity index (χ3v) is 7.27. The van der Waals surface area contributed by atoms with Crippen molar-refractivity contribution < 1.29 is 18.8 Å². The summed E-state index contributed by atoms with van der Waals surface area (Å²) < 4.78 is 13.2. The number of rotatable bonds is 7. The van der Waals surface area contributed by atoms with E-state index in [1.807, 2.05) is 17.0 Å². The number of piperidine rings is 2. The third kappa shape index (κ3) is 6.91. The minimum atomic E-state index is -0.630. The molecule has 4 rings (SSSR count).